The van der Waals surface area contributed by atoms with E-state index < -0.39 is 18.0 Å². The summed E-state index contributed by atoms with van der Waals surface area (Å²) in [4.78, 5) is 40.5. The van der Waals surface area contributed by atoms with E-state index >= 15 is 0 Å². The molecule has 0 radical (unpaired) electrons. The number of carbonyl (C=O) groups excluding carboxylic acids is 3. The van der Waals surface area contributed by atoms with Crippen molar-refractivity contribution < 1.29 is 14.4 Å². The van der Waals surface area contributed by atoms with Crippen LogP contribution in [0.1, 0.15) is 19.4 Å². The Labute approximate surface area is 183 Å². The minimum absolute atomic E-state index is 0.237. The van der Waals surface area contributed by atoms with E-state index in [0.29, 0.717) is 10.8 Å². The standard InChI is InChI=1S/C21H24N6O3S/c1-3-14-8-4-5-9-15(14)24-18(28)12-22-20(30)27-26-19(29)13(2)23-21-25-16-10-6-7-11-17(16)31-21/h4-11,13H,3,12H2,1-2H3,(H,23,25)(H,24,28)(H,26,29)(H2,22,27,30). The second-order valence-electron chi connectivity index (χ2n) is 6.71. The van der Waals surface area contributed by atoms with E-state index in [1.54, 1.807) is 13.0 Å². The second kappa shape index (κ2) is 10.4. The van der Waals surface area contributed by atoms with E-state index in [2.05, 4.69) is 31.8 Å². The summed E-state index contributed by atoms with van der Waals surface area (Å²) < 4.78 is 1.01. The molecule has 1 heterocycles. The number of anilines is 2. The van der Waals surface area contributed by atoms with E-state index in [1.165, 1.54) is 11.3 Å². The van der Waals surface area contributed by atoms with E-state index in [-0.39, 0.29) is 12.5 Å². The molecule has 9 nitrogen and oxygen atoms in total. The van der Waals surface area contributed by atoms with Gasteiger partial charge in [0, 0.05) is 5.69 Å². The molecule has 1 aromatic heterocycles. The Hall–Kier alpha value is -3.66. The molecule has 0 saturated carbocycles. The number of carbonyl (C=O) groups is 3. The van der Waals surface area contributed by atoms with Crippen LogP contribution < -0.4 is 26.8 Å². The molecule has 2 aromatic carbocycles. The van der Waals surface area contributed by atoms with Gasteiger partial charge in [-0.1, -0.05) is 48.6 Å². The maximum absolute atomic E-state index is 12.2. The molecule has 3 aromatic rings. The van der Waals surface area contributed by atoms with Crippen molar-refractivity contribution in [1.29, 1.82) is 0 Å². The first kappa shape index (κ1) is 22.0. The van der Waals surface area contributed by atoms with Gasteiger partial charge in [-0.05, 0) is 37.1 Å². The number of aryl methyl sites for hydroxylation is 1. The number of hydrogen-bond acceptors (Lipinski definition) is 6. The van der Waals surface area contributed by atoms with Crippen LogP contribution in [-0.2, 0) is 16.0 Å². The van der Waals surface area contributed by atoms with Gasteiger partial charge in [0.2, 0.25) is 5.91 Å². The van der Waals surface area contributed by atoms with Gasteiger partial charge in [0.25, 0.3) is 5.91 Å². The maximum Gasteiger partial charge on any atom is 0.333 e. The number of fused-ring (bicyclic) bond motifs is 1. The van der Waals surface area contributed by atoms with Gasteiger partial charge in [-0.2, -0.15) is 0 Å². The Morgan fingerprint density at radius 3 is 2.55 bits per heavy atom. The van der Waals surface area contributed by atoms with Gasteiger partial charge >= 0.3 is 6.03 Å². The van der Waals surface area contributed by atoms with Gasteiger partial charge in [-0.15, -0.1) is 0 Å². The molecule has 31 heavy (non-hydrogen) atoms. The van der Waals surface area contributed by atoms with Gasteiger partial charge in [0.1, 0.15) is 6.04 Å². The van der Waals surface area contributed by atoms with Crippen LogP contribution in [0.4, 0.5) is 15.6 Å². The largest absolute Gasteiger partial charge is 0.350 e. The smallest absolute Gasteiger partial charge is 0.333 e. The van der Waals surface area contributed by atoms with Crippen molar-refractivity contribution >= 4 is 50.2 Å². The lowest BCUT2D eigenvalue weighted by molar-refractivity contribution is -0.122. The summed E-state index contributed by atoms with van der Waals surface area (Å²) in [5.41, 5.74) is 7.10. The highest BCUT2D eigenvalue weighted by Crippen LogP contribution is 2.25. The monoisotopic (exact) mass is 440 g/mol. The Morgan fingerprint density at radius 1 is 1.03 bits per heavy atom. The predicted molar refractivity (Wildman–Crippen MR) is 122 cm³/mol. The van der Waals surface area contributed by atoms with Gasteiger partial charge in [-0.25, -0.2) is 15.2 Å². The Bertz CT molecular complexity index is 1050. The lowest BCUT2D eigenvalue weighted by atomic mass is 10.1. The van der Waals surface area contributed by atoms with Crippen LogP contribution in [0.25, 0.3) is 10.2 Å². The van der Waals surface area contributed by atoms with Crippen LogP contribution in [0.15, 0.2) is 48.5 Å². The lowest BCUT2D eigenvalue weighted by Crippen LogP contribution is -2.51. The number of nitrogens with zero attached hydrogens (tertiary/aromatic N) is 1. The van der Waals surface area contributed by atoms with Crippen LogP contribution in [0.2, 0.25) is 0 Å². The molecule has 0 aliphatic rings. The lowest BCUT2D eigenvalue weighted by Gasteiger charge is -2.14. The zero-order valence-corrected chi connectivity index (χ0v) is 18.0. The Kier molecular flexibility index (Phi) is 7.39. The quantitative estimate of drug-likeness (QED) is 0.361. The zero-order valence-electron chi connectivity index (χ0n) is 17.2. The molecule has 0 spiro atoms. The minimum atomic E-state index is -0.695. The first-order valence-electron chi connectivity index (χ1n) is 9.80. The number of hydrazine groups is 1. The third-order valence-corrected chi connectivity index (χ3v) is 5.38. The number of amides is 4. The summed E-state index contributed by atoms with van der Waals surface area (Å²) >= 11 is 1.44. The van der Waals surface area contributed by atoms with Gasteiger partial charge in [0.15, 0.2) is 5.13 Å². The van der Waals surface area contributed by atoms with Crippen molar-refractivity contribution in [3.05, 3.63) is 54.1 Å². The molecular weight excluding hydrogens is 416 g/mol. The number of nitrogens with one attached hydrogen (secondary N) is 5. The van der Waals surface area contributed by atoms with E-state index in [9.17, 15) is 14.4 Å². The number of para-hydroxylation sites is 2. The molecule has 5 N–H and O–H groups in total. The third-order valence-electron chi connectivity index (χ3n) is 4.41. The molecule has 1 atom stereocenters. The minimum Gasteiger partial charge on any atom is -0.350 e. The zero-order chi connectivity index (χ0) is 22.2. The highest BCUT2D eigenvalue weighted by Gasteiger charge is 2.16. The van der Waals surface area contributed by atoms with Gasteiger partial charge in [0.05, 0.1) is 16.8 Å². The number of urea groups is 1. The first-order valence-corrected chi connectivity index (χ1v) is 10.6. The summed E-state index contributed by atoms with van der Waals surface area (Å²) in [5, 5.41) is 8.76. The molecule has 0 aliphatic heterocycles. The second-order valence-corrected chi connectivity index (χ2v) is 7.74. The molecule has 10 heteroatoms. The average Bonchev–Trinajstić information content (AvgIpc) is 3.18. The molecule has 3 rings (SSSR count). The number of benzene rings is 2. The van der Waals surface area contributed by atoms with Crippen molar-refractivity contribution in [3.63, 3.8) is 0 Å². The fourth-order valence-electron chi connectivity index (χ4n) is 2.76. The fraction of sp³-hybridized carbons (Fsp3) is 0.238. The van der Waals surface area contributed by atoms with E-state index in [0.717, 1.165) is 22.2 Å². The van der Waals surface area contributed by atoms with Gasteiger partial charge in [-0.3, -0.25) is 15.0 Å². The van der Waals surface area contributed by atoms with Crippen LogP contribution in [0.5, 0.6) is 0 Å². The average molecular weight is 441 g/mol. The number of rotatable bonds is 7. The molecular formula is C21H24N6O3S. The Morgan fingerprint density at radius 2 is 1.77 bits per heavy atom. The van der Waals surface area contributed by atoms with Gasteiger partial charge < -0.3 is 16.0 Å². The van der Waals surface area contributed by atoms with E-state index in [1.807, 2.05) is 49.4 Å². The van der Waals surface area contributed by atoms with Crippen LogP contribution in [0, 0.1) is 0 Å². The first-order chi connectivity index (χ1) is 15.0. The SMILES string of the molecule is CCc1ccccc1NC(=O)CNC(=O)NNC(=O)C(C)Nc1nc2ccccc2s1. The predicted octanol–water partition coefficient (Wildman–Crippen LogP) is 2.63. The summed E-state index contributed by atoms with van der Waals surface area (Å²) in [6.07, 6.45) is 0.777. The highest BCUT2D eigenvalue weighted by atomic mass is 32.1. The highest BCUT2D eigenvalue weighted by molar-refractivity contribution is 7.22. The normalized spacial score (nSPS) is 11.4. The summed E-state index contributed by atoms with van der Waals surface area (Å²) in [7, 11) is 0. The molecule has 162 valence electrons. The topological polar surface area (TPSA) is 124 Å². The van der Waals surface area contributed by atoms with E-state index in [4.69, 9.17) is 0 Å². The van der Waals surface area contributed by atoms with Crippen LogP contribution in [0.3, 0.4) is 0 Å². The van der Waals surface area contributed by atoms with Crippen molar-refractivity contribution in [2.24, 2.45) is 0 Å². The molecule has 4 amide bonds. The number of aromatic nitrogens is 1. The van der Waals surface area contributed by atoms with Crippen molar-refractivity contribution in [2.45, 2.75) is 26.3 Å². The van der Waals surface area contributed by atoms with Crippen LogP contribution >= 0.6 is 11.3 Å². The molecule has 1 unspecified atom stereocenters. The molecule has 0 saturated heterocycles. The van der Waals surface area contributed by atoms with Crippen molar-refractivity contribution in [2.75, 3.05) is 17.2 Å². The number of thiazole rings is 1. The summed E-state index contributed by atoms with van der Waals surface area (Å²) in [6, 6.07) is 13.8. The Balaban J connectivity index is 1.40. The third kappa shape index (κ3) is 6.16. The van der Waals surface area contributed by atoms with Crippen molar-refractivity contribution in [3.8, 4) is 0 Å². The fourth-order valence-corrected chi connectivity index (χ4v) is 3.71. The van der Waals surface area contributed by atoms with Crippen molar-refractivity contribution in [1.82, 2.24) is 21.2 Å². The van der Waals surface area contributed by atoms with Crippen LogP contribution in [-0.4, -0.2) is 35.4 Å². The maximum atomic E-state index is 12.2. The molecule has 0 fully saturated rings. The summed E-state index contributed by atoms with van der Waals surface area (Å²) in [5.74, 6) is -0.816. The number of hydrogen-bond donors (Lipinski definition) is 5. The summed E-state index contributed by atoms with van der Waals surface area (Å²) in [6.45, 7) is 3.41. The molecule has 0 bridgehead atoms. The molecule has 0 aliphatic carbocycles.